The molecule has 0 N–H and O–H groups in total. The number of ketones is 1. The summed E-state index contributed by atoms with van der Waals surface area (Å²) in [6.07, 6.45) is -0.178. The van der Waals surface area contributed by atoms with E-state index >= 15 is 0 Å². The van der Waals surface area contributed by atoms with Crippen LogP contribution < -0.4 is 0 Å². The third-order valence-corrected chi connectivity index (χ3v) is 3.81. The van der Waals surface area contributed by atoms with Crippen molar-refractivity contribution in [2.24, 2.45) is 10.8 Å². The maximum Gasteiger partial charge on any atom is 0.324 e. The highest BCUT2D eigenvalue weighted by atomic mass is 16.6. The fraction of sp³-hybridized carbons (Fsp3) is 0.733. The van der Waals surface area contributed by atoms with Gasteiger partial charge in [0.2, 0.25) is 0 Å². The average molecular weight is 297 g/mol. The van der Waals surface area contributed by atoms with Gasteiger partial charge < -0.3 is 9.47 Å². The molecular weight excluding hydrogens is 274 g/mol. The molecule has 21 heavy (non-hydrogen) atoms. The molecule has 0 saturated carbocycles. The van der Waals surface area contributed by atoms with Gasteiger partial charge in [-0.25, -0.2) is 0 Å². The predicted octanol–water partition coefficient (Wildman–Crippen LogP) is 2.02. The van der Waals surface area contributed by atoms with Crippen LogP contribution >= 0.6 is 0 Å². The highest BCUT2D eigenvalue weighted by Gasteiger charge is 2.61. The van der Waals surface area contributed by atoms with Gasteiger partial charge in [-0.1, -0.05) is 13.8 Å². The summed E-state index contributed by atoms with van der Waals surface area (Å²) >= 11 is 0. The first-order valence-corrected chi connectivity index (χ1v) is 6.94. The van der Waals surface area contributed by atoms with Gasteiger partial charge in [0.05, 0.1) is 19.3 Å². The van der Waals surface area contributed by atoms with E-state index in [1.807, 2.05) is 6.07 Å². The van der Waals surface area contributed by atoms with Gasteiger partial charge in [0, 0.05) is 11.8 Å². The van der Waals surface area contributed by atoms with Gasteiger partial charge in [0.15, 0.2) is 5.41 Å². The Morgan fingerprint density at radius 3 is 1.76 bits per heavy atom. The molecule has 0 heterocycles. The van der Waals surface area contributed by atoms with Crippen LogP contribution in [-0.2, 0) is 23.9 Å². The Balaban J connectivity index is 6.09. The van der Waals surface area contributed by atoms with E-state index in [1.165, 1.54) is 20.8 Å². The summed E-state index contributed by atoms with van der Waals surface area (Å²) in [5.74, 6) is -1.99. The Labute approximate surface area is 125 Å². The summed E-state index contributed by atoms with van der Waals surface area (Å²) < 4.78 is 10.0. The van der Waals surface area contributed by atoms with Crippen molar-refractivity contribution < 1.29 is 23.9 Å². The van der Waals surface area contributed by atoms with Crippen LogP contribution in [0.5, 0.6) is 0 Å². The van der Waals surface area contributed by atoms with E-state index in [0.29, 0.717) is 0 Å². The molecule has 0 aromatic rings. The van der Waals surface area contributed by atoms with Gasteiger partial charge in [0.25, 0.3) is 0 Å². The van der Waals surface area contributed by atoms with Crippen LogP contribution in [0.2, 0.25) is 0 Å². The lowest BCUT2D eigenvalue weighted by molar-refractivity contribution is -0.185. The quantitative estimate of drug-likeness (QED) is 0.502. The molecule has 0 radical (unpaired) electrons. The van der Waals surface area contributed by atoms with E-state index in [2.05, 4.69) is 0 Å². The zero-order valence-corrected chi connectivity index (χ0v) is 13.3. The van der Waals surface area contributed by atoms with E-state index < -0.39 is 22.8 Å². The molecule has 6 nitrogen and oxygen atoms in total. The molecule has 0 bridgehead atoms. The molecule has 0 fully saturated rings. The average Bonchev–Trinajstić information content (AvgIpc) is 2.39. The highest BCUT2D eigenvalue weighted by molar-refractivity contribution is 6.06. The van der Waals surface area contributed by atoms with Crippen molar-refractivity contribution in [3.05, 3.63) is 0 Å². The summed E-state index contributed by atoms with van der Waals surface area (Å²) in [5, 5.41) is 8.82. The molecule has 0 aliphatic heterocycles. The number of ether oxygens (including phenoxy) is 2. The van der Waals surface area contributed by atoms with Crippen molar-refractivity contribution in [2.75, 3.05) is 13.2 Å². The van der Waals surface area contributed by atoms with Gasteiger partial charge >= 0.3 is 11.9 Å². The topological polar surface area (TPSA) is 93.5 Å². The lowest BCUT2D eigenvalue weighted by atomic mass is 9.61. The van der Waals surface area contributed by atoms with E-state index in [0.717, 1.165) is 0 Å². The number of nitrogens with zero attached hydrogens (tertiary/aromatic N) is 1. The Morgan fingerprint density at radius 2 is 1.48 bits per heavy atom. The molecular formula is C15H23NO5. The fourth-order valence-corrected chi connectivity index (χ4v) is 2.16. The lowest BCUT2D eigenvalue weighted by Gasteiger charge is -2.40. The van der Waals surface area contributed by atoms with Crippen molar-refractivity contribution >= 4 is 17.7 Å². The first-order chi connectivity index (χ1) is 9.72. The minimum absolute atomic E-state index is 0.0612. The van der Waals surface area contributed by atoms with Crippen molar-refractivity contribution in [1.29, 1.82) is 5.26 Å². The Hall–Kier alpha value is -1.90. The molecule has 0 aliphatic carbocycles. The van der Waals surface area contributed by atoms with Gasteiger partial charge in [-0.05, 0) is 27.2 Å². The number of hydrogen-bond acceptors (Lipinski definition) is 6. The molecule has 0 atom stereocenters. The highest BCUT2D eigenvalue weighted by Crippen LogP contribution is 2.46. The summed E-state index contributed by atoms with van der Waals surface area (Å²) in [5.41, 5.74) is -3.14. The third-order valence-electron chi connectivity index (χ3n) is 3.81. The fourth-order valence-electron chi connectivity index (χ4n) is 2.16. The van der Waals surface area contributed by atoms with Crippen molar-refractivity contribution in [1.82, 2.24) is 0 Å². The number of rotatable bonds is 8. The number of carbonyl (C=O) groups excluding carboxylic acids is 3. The Kier molecular flexibility index (Phi) is 7.07. The van der Waals surface area contributed by atoms with Crippen molar-refractivity contribution in [2.45, 2.75) is 47.5 Å². The molecule has 118 valence electrons. The van der Waals surface area contributed by atoms with Crippen LogP contribution in [0, 0.1) is 22.2 Å². The lowest BCUT2D eigenvalue weighted by Crippen LogP contribution is -2.55. The number of hydrogen-bond donors (Lipinski definition) is 0. The Bertz CT molecular complexity index is 429. The molecule has 6 heteroatoms. The molecule has 0 aromatic heterocycles. The minimum atomic E-state index is -1.80. The molecule has 0 amide bonds. The largest absolute Gasteiger partial charge is 0.465 e. The van der Waals surface area contributed by atoms with Crippen LogP contribution in [-0.4, -0.2) is 30.9 Å². The van der Waals surface area contributed by atoms with E-state index in [9.17, 15) is 14.4 Å². The zero-order chi connectivity index (χ0) is 16.7. The molecule has 0 unspecified atom stereocenters. The summed E-state index contributed by atoms with van der Waals surface area (Å²) in [4.78, 5) is 36.9. The van der Waals surface area contributed by atoms with Crippen LogP contribution in [0.25, 0.3) is 0 Å². The Morgan fingerprint density at radius 1 is 1.05 bits per heavy atom. The molecule has 0 aliphatic rings. The molecule has 0 saturated heterocycles. The monoisotopic (exact) mass is 297 g/mol. The number of Topliss-reactive ketones (excluding diaryl/α,β-unsaturated/α-hetero) is 1. The second-order valence-corrected chi connectivity index (χ2v) is 5.19. The van der Waals surface area contributed by atoms with E-state index in [-0.39, 0.29) is 31.8 Å². The standard InChI is InChI=1S/C15H23NO5/c1-6-20-12(18)15(9-8-10-16,13(19)21-7-2)14(4,5)11(3)17/h6-9H2,1-5H3. The maximum absolute atomic E-state index is 12.5. The third kappa shape index (κ3) is 3.60. The smallest absolute Gasteiger partial charge is 0.324 e. The van der Waals surface area contributed by atoms with E-state index in [4.69, 9.17) is 14.7 Å². The molecule has 0 rings (SSSR count). The summed E-state index contributed by atoms with van der Waals surface area (Å²) in [6.45, 7) is 7.67. The van der Waals surface area contributed by atoms with Gasteiger partial charge in [0.1, 0.15) is 5.78 Å². The van der Waals surface area contributed by atoms with Crippen molar-refractivity contribution in [3.63, 3.8) is 0 Å². The normalized spacial score (nSPS) is 11.4. The SMILES string of the molecule is CCOC(=O)C(CCC#N)(C(=O)OCC)C(C)(C)C(C)=O. The zero-order valence-electron chi connectivity index (χ0n) is 13.3. The van der Waals surface area contributed by atoms with Crippen LogP contribution in [0.3, 0.4) is 0 Å². The molecule has 0 aromatic carbocycles. The van der Waals surface area contributed by atoms with Crippen molar-refractivity contribution in [3.8, 4) is 6.07 Å². The second-order valence-electron chi connectivity index (χ2n) is 5.19. The van der Waals surface area contributed by atoms with Gasteiger partial charge in [-0.15, -0.1) is 0 Å². The predicted molar refractivity (Wildman–Crippen MR) is 75.0 cm³/mol. The summed E-state index contributed by atoms with van der Waals surface area (Å²) in [6, 6.07) is 1.90. The summed E-state index contributed by atoms with van der Waals surface area (Å²) in [7, 11) is 0. The maximum atomic E-state index is 12.5. The first-order valence-electron chi connectivity index (χ1n) is 6.94. The molecule has 0 spiro atoms. The number of nitriles is 1. The van der Waals surface area contributed by atoms with Gasteiger partial charge in [-0.2, -0.15) is 5.26 Å². The first kappa shape index (κ1) is 19.1. The minimum Gasteiger partial charge on any atom is -0.465 e. The van der Waals surface area contributed by atoms with E-state index in [1.54, 1.807) is 13.8 Å². The van der Waals surface area contributed by atoms with Crippen LogP contribution in [0.1, 0.15) is 47.5 Å². The van der Waals surface area contributed by atoms with Crippen LogP contribution in [0.15, 0.2) is 0 Å². The number of esters is 2. The van der Waals surface area contributed by atoms with Crippen LogP contribution in [0.4, 0.5) is 0 Å². The number of carbonyl (C=O) groups is 3. The second kappa shape index (κ2) is 7.77. The van der Waals surface area contributed by atoms with Gasteiger partial charge in [-0.3, -0.25) is 14.4 Å².